The smallest absolute Gasteiger partial charge is 0.0239 e. The summed E-state index contributed by atoms with van der Waals surface area (Å²) in [6, 6.07) is 15.5. The van der Waals surface area contributed by atoms with Gasteiger partial charge in [0.1, 0.15) is 0 Å². The van der Waals surface area contributed by atoms with Crippen LogP contribution in [0.2, 0.25) is 0 Å². The SMILES string of the molecule is CC(C)c1ccc2c(c1)CN(C(C)CC(C)c1cccc3c1CCN(C(C)C)C3)CC2. The molecule has 0 amide bonds. The molecule has 0 radical (unpaired) electrons. The lowest BCUT2D eigenvalue weighted by Crippen LogP contribution is -2.38. The molecule has 0 saturated heterocycles. The molecule has 2 aliphatic heterocycles. The highest BCUT2D eigenvalue weighted by atomic mass is 15.2. The zero-order valence-electron chi connectivity index (χ0n) is 20.6. The average molecular weight is 419 g/mol. The normalized spacial score (nSPS) is 19.4. The average Bonchev–Trinajstić information content (AvgIpc) is 2.77. The van der Waals surface area contributed by atoms with E-state index in [1.165, 1.54) is 37.9 Å². The maximum Gasteiger partial charge on any atom is 0.0239 e. The van der Waals surface area contributed by atoms with E-state index < -0.39 is 0 Å². The first-order chi connectivity index (χ1) is 14.8. The summed E-state index contributed by atoms with van der Waals surface area (Å²) in [5.74, 6) is 1.22. The van der Waals surface area contributed by atoms with E-state index >= 15 is 0 Å². The molecule has 0 fully saturated rings. The number of nitrogens with zero attached hydrogens (tertiary/aromatic N) is 2. The molecule has 2 aromatic rings. The van der Waals surface area contributed by atoms with Crippen LogP contribution in [-0.4, -0.2) is 35.0 Å². The van der Waals surface area contributed by atoms with E-state index in [9.17, 15) is 0 Å². The highest BCUT2D eigenvalue weighted by Gasteiger charge is 2.26. The Kier molecular flexibility index (Phi) is 6.89. The van der Waals surface area contributed by atoms with Crippen LogP contribution in [0.3, 0.4) is 0 Å². The van der Waals surface area contributed by atoms with E-state index in [1.807, 2.05) is 0 Å². The Bertz CT molecular complexity index is 898. The standard InChI is InChI=1S/C29H42N2/c1-20(2)25-11-10-24-12-14-31(19-27(24)17-25)23(6)16-22(5)28-9-7-8-26-18-30(21(3)4)15-13-29(26)28/h7-11,17,20-23H,12-16,18-19H2,1-6H3. The van der Waals surface area contributed by atoms with Crippen LogP contribution in [0.4, 0.5) is 0 Å². The van der Waals surface area contributed by atoms with E-state index in [0.717, 1.165) is 13.1 Å². The van der Waals surface area contributed by atoms with E-state index in [2.05, 4.69) is 87.7 Å². The van der Waals surface area contributed by atoms with E-state index in [-0.39, 0.29) is 0 Å². The molecule has 0 bridgehead atoms. The molecule has 2 nitrogen and oxygen atoms in total. The van der Waals surface area contributed by atoms with Gasteiger partial charge in [-0.15, -0.1) is 0 Å². The minimum absolute atomic E-state index is 0.606. The minimum atomic E-state index is 0.606. The van der Waals surface area contributed by atoms with Gasteiger partial charge in [0, 0.05) is 38.3 Å². The van der Waals surface area contributed by atoms with Crippen LogP contribution in [0, 0.1) is 0 Å². The first-order valence-corrected chi connectivity index (χ1v) is 12.5. The second kappa shape index (κ2) is 9.46. The summed E-state index contributed by atoms with van der Waals surface area (Å²) in [4.78, 5) is 5.33. The maximum atomic E-state index is 2.72. The van der Waals surface area contributed by atoms with Crippen molar-refractivity contribution in [2.75, 3.05) is 13.1 Å². The summed E-state index contributed by atoms with van der Waals surface area (Å²) in [5.41, 5.74) is 9.41. The lowest BCUT2D eigenvalue weighted by molar-refractivity contribution is 0.175. The molecule has 0 N–H and O–H groups in total. The van der Waals surface area contributed by atoms with Crippen LogP contribution in [0.1, 0.15) is 93.2 Å². The Balaban J connectivity index is 1.45. The topological polar surface area (TPSA) is 6.48 Å². The molecular weight excluding hydrogens is 376 g/mol. The predicted molar refractivity (Wildman–Crippen MR) is 133 cm³/mol. The minimum Gasteiger partial charge on any atom is -0.296 e. The fourth-order valence-electron chi connectivity index (χ4n) is 5.69. The van der Waals surface area contributed by atoms with Crippen molar-refractivity contribution in [3.8, 4) is 0 Å². The van der Waals surface area contributed by atoms with Gasteiger partial charge in [0.25, 0.3) is 0 Å². The number of benzene rings is 2. The molecule has 0 aliphatic carbocycles. The van der Waals surface area contributed by atoms with Gasteiger partial charge in [0.05, 0.1) is 0 Å². The molecule has 31 heavy (non-hydrogen) atoms. The summed E-state index contributed by atoms with van der Waals surface area (Å²) >= 11 is 0. The van der Waals surface area contributed by atoms with Crippen molar-refractivity contribution in [3.63, 3.8) is 0 Å². The van der Waals surface area contributed by atoms with E-state index in [4.69, 9.17) is 0 Å². The van der Waals surface area contributed by atoms with Gasteiger partial charge in [-0.25, -0.2) is 0 Å². The third-order valence-electron chi connectivity index (χ3n) is 7.85. The van der Waals surface area contributed by atoms with Gasteiger partial charge in [-0.2, -0.15) is 0 Å². The maximum absolute atomic E-state index is 2.72. The molecule has 0 saturated carbocycles. The largest absolute Gasteiger partial charge is 0.296 e. The van der Waals surface area contributed by atoms with Crippen molar-refractivity contribution in [1.82, 2.24) is 9.80 Å². The van der Waals surface area contributed by atoms with Crippen LogP contribution in [-0.2, 0) is 25.9 Å². The van der Waals surface area contributed by atoms with Crippen molar-refractivity contribution in [3.05, 3.63) is 69.8 Å². The fraction of sp³-hybridized carbons (Fsp3) is 0.586. The monoisotopic (exact) mass is 418 g/mol. The van der Waals surface area contributed by atoms with E-state index in [0.29, 0.717) is 23.9 Å². The highest BCUT2D eigenvalue weighted by Crippen LogP contribution is 2.33. The molecular formula is C29H42N2. The predicted octanol–water partition coefficient (Wildman–Crippen LogP) is 6.52. The molecule has 2 heteroatoms. The Labute approximate surface area is 190 Å². The summed E-state index contributed by atoms with van der Waals surface area (Å²) in [6.07, 6.45) is 3.64. The first-order valence-electron chi connectivity index (χ1n) is 12.5. The first kappa shape index (κ1) is 22.6. The summed E-state index contributed by atoms with van der Waals surface area (Å²) in [7, 11) is 0. The van der Waals surface area contributed by atoms with Gasteiger partial charge in [-0.3, -0.25) is 9.80 Å². The summed E-state index contributed by atoms with van der Waals surface area (Å²) in [6.45, 7) is 18.8. The quantitative estimate of drug-likeness (QED) is 0.527. The third kappa shape index (κ3) is 4.91. The zero-order chi connectivity index (χ0) is 22.1. The van der Waals surface area contributed by atoms with Crippen molar-refractivity contribution >= 4 is 0 Å². The fourth-order valence-corrected chi connectivity index (χ4v) is 5.69. The molecule has 2 atom stereocenters. The zero-order valence-corrected chi connectivity index (χ0v) is 20.6. The third-order valence-corrected chi connectivity index (χ3v) is 7.85. The van der Waals surface area contributed by atoms with Crippen LogP contribution in [0.25, 0.3) is 0 Å². The Morgan fingerprint density at radius 3 is 2.26 bits per heavy atom. The van der Waals surface area contributed by atoms with Crippen LogP contribution in [0.5, 0.6) is 0 Å². The van der Waals surface area contributed by atoms with Crippen LogP contribution < -0.4 is 0 Å². The summed E-state index contributed by atoms with van der Waals surface area (Å²) < 4.78 is 0. The van der Waals surface area contributed by atoms with E-state index in [1.54, 1.807) is 27.8 Å². The second-order valence-electron chi connectivity index (χ2n) is 10.7. The Morgan fingerprint density at radius 2 is 1.52 bits per heavy atom. The Morgan fingerprint density at radius 1 is 0.774 bits per heavy atom. The van der Waals surface area contributed by atoms with Crippen molar-refractivity contribution in [2.45, 2.75) is 97.8 Å². The van der Waals surface area contributed by atoms with Crippen LogP contribution >= 0.6 is 0 Å². The molecule has 2 heterocycles. The van der Waals surface area contributed by atoms with Crippen LogP contribution in [0.15, 0.2) is 36.4 Å². The lowest BCUT2D eigenvalue weighted by atomic mass is 9.84. The molecule has 4 rings (SSSR count). The van der Waals surface area contributed by atoms with Gasteiger partial charge >= 0.3 is 0 Å². The molecule has 2 aromatic carbocycles. The van der Waals surface area contributed by atoms with Crippen molar-refractivity contribution in [2.24, 2.45) is 0 Å². The summed E-state index contributed by atoms with van der Waals surface area (Å²) in [5, 5.41) is 0. The van der Waals surface area contributed by atoms with Gasteiger partial charge in [-0.1, -0.05) is 57.2 Å². The van der Waals surface area contributed by atoms with Gasteiger partial charge in [0.2, 0.25) is 0 Å². The number of rotatable bonds is 6. The number of hydrogen-bond donors (Lipinski definition) is 0. The second-order valence-corrected chi connectivity index (χ2v) is 10.7. The molecule has 0 spiro atoms. The van der Waals surface area contributed by atoms with Gasteiger partial charge < -0.3 is 0 Å². The Hall–Kier alpha value is -1.64. The van der Waals surface area contributed by atoms with Gasteiger partial charge in [0.15, 0.2) is 0 Å². The van der Waals surface area contributed by atoms with Gasteiger partial charge in [-0.05, 0) is 85.3 Å². The number of hydrogen-bond acceptors (Lipinski definition) is 2. The molecule has 168 valence electrons. The number of fused-ring (bicyclic) bond motifs is 2. The van der Waals surface area contributed by atoms with Crippen molar-refractivity contribution < 1.29 is 0 Å². The molecule has 2 unspecified atom stereocenters. The lowest BCUT2D eigenvalue weighted by Gasteiger charge is -2.37. The molecule has 0 aromatic heterocycles. The highest BCUT2D eigenvalue weighted by molar-refractivity contribution is 5.39. The van der Waals surface area contributed by atoms with Crippen molar-refractivity contribution in [1.29, 1.82) is 0 Å². The molecule has 2 aliphatic rings.